The van der Waals surface area contributed by atoms with Gasteiger partial charge in [0.25, 0.3) is 5.56 Å². The van der Waals surface area contributed by atoms with Gasteiger partial charge in [0.05, 0.1) is 39.5 Å². The monoisotopic (exact) mass is 988 g/mol. The fraction of sp³-hybridized carbons (Fsp3) is 0.279. The van der Waals surface area contributed by atoms with E-state index in [2.05, 4.69) is 93.1 Å². The molecule has 0 atom stereocenters. The third-order valence-electron chi connectivity index (χ3n) is 14.6. The van der Waals surface area contributed by atoms with Gasteiger partial charge in [0.1, 0.15) is 6.61 Å². The van der Waals surface area contributed by atoms with Crippen LogP contribution >= 0.6 is 0 Å². The molecule has 3 aromatic carbocycles. The molecule has 9 rings (SSSR count). The van der Waals surface area contributed by atoms with Crippen LogP contribution in [0.1, 0.15) is 123 Å². The largest absolute Gasteiger partial charge is 0.444 e. The van der Waals surface area contributed by atoms with Crippen LogP contribution in [-0.4, -0.2) is 41.5 Å². The average molecular weight is 989 g/mol. The number of aryl methyl sites for hydroxylation is 6. The second-order valence-corrected chi connectivity index (χ2v) is 19.1. The Hall–Kier alpha value is -8.32. The normalized spacial score (nSPS) is 12.4. The summed E-state index contributed by atoms with van der Waals surface area (Å²) in [5.74, 6) is -0.203. The van der Waals surface area contributed by atoms with Crippen molar-refractivity contribution in [3.63, 3.8) is 0 Å². The molecule has 0 spiro atoms. The van der Waals surface area contributed by atoms with Crippen molar-refractivity contribution in [1.29, 1.82) is 0 Å². The molecule has 2 aliphatic heterocycles. The smallest absolute Gasteiger partial charge is 0.411 e. The predicted octanol–water partition coefficient (Wildman–Crippen LogP) is 13.4. The van der Waals surface area contributed by atoms with Crippen LogP contribution in [0.25, 0.3) is 66.6 Å². The highest BCUT2D eigenvalue weighted by atomic mass is 16.5. The van der Waals surface area contributed by atoms with Gasteiger partial charge in [-0.3, -0.25) is 19.9 Å². The number of aromatic nitrogens is 6. The highest BCUT2D eigenvalue weighted by molar-refractivity contribution is 6.07. The number of allylic oxidation sites excluding steroid dienone is 4. The number of benzene rings is 3. The second kappa shape index (κ2) is 21.4. The van der Waals surface area contributed by atoms with Gasteiger partial charge in [0.2, 0.25) is 5.91 Å². The van der Waals surface area contributed by atoms with Gasteiger partial charge in [0, 0.05) is 63.7 Å². The van der Waals surface area contributed by atoms with E-state index in [0.717, 1.165) is 143 Å². The van der Waals surface area contributed by atoms with Crippen LogP contribution in [-0.2, 0) is 35.5 Å². The molecule has 8 bridgehead atoms. The molecule has 0 saturated heterocycles. The van der Waals surface area contributed by atoms with Gasteiger partial charge in [-0.15, -0.1) is 0 Å². The molecule has 0 saturated carbocycles. The van der Waals surface area contributed by atoms with Crippen LogP contribution in [0.15, 0.2) is 107 Å². The summed E-state index contributed by atoms with van der Waals surface area (Å²) in [7, 11) is 0. The summed E-state index contributed by atoms with van der Waals surface area (Å²) in [4.78, 5) is 73.3. The molecule has 378 valence electrons. The summed E-state index contributed by atoms with van der Waals surface area (Å²) in [6.45, 7) is 19.3. The van der Waals surface area contributed by atoms with Crippen molar-refractivity contribution in [3.05, 3.63) is 174 Å². The molecule has 4 aromatic heterocycles. The van der Waals surface area contributed by atoms with Crippen molar-refractivity contribution in [3.8, 4) is 22.3 Å². The number of aromatic amines is 3. The SMILES string of the molecule is CCC1=C(C)c2nc1cc1[nH]c(c(C)c1CC)c(-c1ccccc1NC(=O)OCc1ccccc1)c1nc(cc3[nH]c(c(C)c3CC)c2-c2ccccc2NC(=O)CCCn2cc(C)c(=O)[nH]c2=O)C(CC)=C1C. The molecular weight excluding hydrogens is 925 g/mol. The molecule has 13 heteroatoms. The number of H-pyrrole nitrogens is 3. The Labute approximate surface area is 430 Å². The number of amides is 2. The zero-order valence-electron chi connectivity index (χ0n) is 43.8. The number of nitrogens with one attached hydrogen (secondary N) is 5. The average Bonchev–Trinajstić information content (AvgIpc) is 4.09. The standard InChI is InChI=1S/C61H64N8O5/c1-10-40-35(6)55-53(44-24-17-19-26-46(44)62-52(70)28-21-29-69-32-34(5)59(71)68-60(69)72)56-36(7)41(11-2)49(64-56)31-51-43(13-4)38(9)58(66-51)54(57-37(8)42(12-3)50(65-57)30-48(40)63-55)45-25-18-20-27-47(45)67-61(73)74-33-39-22-15-14-16-23-39/h14-20,22-27,30-32,63,66H,10-13,21,28-29,33H2,1-9H3,(H,62,70)(H,67,73)(H,68,71,72). The molecule has 0 fully saturated rings. The Morgan fingerprint density at radius 2 is 1.12 bits per heavy atom. The van der Waals surface area contributed by atoms with Gasteiger partial charge in [-0.1, -0.05) is 94.4 Å². The fourth-order valence-corrected chi connectivity index (χ4v) is 10.7. The molecule has 74 heavy (non-hydrogen) atoms. The lowest BCUT2D eigenvalue weighted by Crippen LogP contribution is -2.31. The van der Waals surface area contributed by atoms with Crippen molar-refractivity contribution in [2.24, 2.45) is 0 Å². The van der Waals surface area contributed by atoms with Gasteiger partial charge in [-0.05, 0) is 141 Å². The summed E-state index contributed by atoms with van der Waals surface area (Å²) in [5.41, 5.74) is 20.7. The van der Waals surface area contributed by atoms with Crippen molar-refractivity contribution >= 4 is 67.7 Å². The van der Waals surface area contributed by atoms with E-state index in [1.807, 2.05) is 78.9 Å². The zero-order chi connectivity index (χ0) is 52.4. The Morgan fingerprint density at radius 1 is 0.622 bits per heavy atom. The van der Waals surface area contributed by atoms with E-state index in [9.17, 15) is 19.2 Å². The lowest BCUT2D eigenvalue weighted by atomic mass is 9.94. The molecule has 0 radical (unpaired) electrons. The maximum Gasteiger partial charge on any atom is 0.411 e. The number of hydrogen-bond acceptors (Lipinski definition) is 7. The van der Waals surface area contributed by atoms with E-state index < -0.39 is 17.3 Å². The molecule has 5 N–H and O–H groups in total. The molecule has 2 aliphatic rings. The number of hydrogen-bond donors (Lipinski definition) is 5. The number of anilines is 2. The van der Waals surface area contributed by atoms with Gasteiger partial charge in [0.15, 0.2) is 0 Å². The van der Waals surface area contributed by atoms with Crippen molar-refractivity contribution < 1.29 is 14.3 Å². The number of ether oxygens (including phenoxy) is 1. The number of nitrogens with zero attached hydrogens (tertiary/aromatic N) is 3. The third kappa shape index (κ3) is 9.69. The molecular formula is C61H64N8O5. The molecule has 7 aromatic rings. The van der Waals surface area contributed by atoms with Crippen molar-refractivity contribution in [2.75, 3.05) is 10.6 Å². The summed E-state index contributed by atoms with van der Waals surface area (Å²) in [6.07, 6.45) is 4.43. The summed E-state index contributed by atoms with van der Waals surface area (Å²) in [5, 5.41) is 6.31. The first-order chi connectivity index (χ1) is 35.7. The maximum atomic E-state index is 13.9. The molecule has 6 heterocycles. The van der Waals surface area contributed by atoms with Crippen molar-refractivity contribution in [2.45, 2.75) is 114 Å². The molecule has 13 nitrogen and oxygen atoms in total. The van der Waals surface area contributed by atoms with Gasteiger partial charge in [-0.2, -0.15) is 0 Å². The van der Waals surface area contributed by atoms with E-state index in [1.54, 1.807) is 6.92 Å². The maximum absolute atomic E-state index is 13.9. The van der Waals surface area contributed by atoms with Crippen molar-refractivity contribution in [1.82, 2.24) is 29.5 Å². The quantitative estimate of drug-likeness (QED) is 0.0719. The number of rotatable bonds is 14. The minimum atomic E-state index is -0.558. The van der Waals surface area contributed by atoms with E-state index >= 15 is 0 Å². The van der Waals surface area contributed by atoms with Crippen LogP contribution in [0.2, 0.25) is 0 Å². The number of carbonyl (C=O) groups is 2. The van der Waals surface area contributed by atoms with Gasteiger partial charge < -0.3 is 24.6 Å². The number of para-hydroxylation sites is 2. The third-order valence-corrected chi connectivity index (χ3v) is 14.6. The van der Waals surface area contributed by atoms with Crippen LogP contribution in [0, 0.1) is 20.8 Å². The highest BCUT2D eigenvalue weighted by Crippen LogP contribution is 2.46. The van der Waals surface area contributed by atoms with E-state index in [0.29, 0.717) is 23.4 Å². The minimum absolute atomic E-state index is 0.133. The lowest BCUT2D eigenvalue weighted by Gasteiger charge is -2.14. The number of fused-ring (bicyclic) bond motifs is 8. The topological polar surface area (TPSA) is 180 Å². The highest BCUT2D eigenvalue weighted by Gasteiger charge is 2.27. The van der Waals surface area contributed by atoms with Gasteiger partial charge >= 0.3 is 11.8 Å². The van der Waals surface area contributed by atoms with E-state index in [1.165, 1.54) is 10.8 Å². The lowest BCUT2D eigenvalue weighted by molar-refractivity contribution is -0.116. The summed E-state index contributed by atoms with van der Waals surface area (Å²) >= 11 is 0. The number of carbonyl (C=O) groups excluding carboxylic acids is 2. The Morgan fingerprint density at radius 3 is 1.64 bits per heavy atom. The first-order valence-corrected chi connectivity index (χ1v) is 25.7. The fourth-order valence-electron chi connectivity index (χ4n) is 10.7. The first-order valence-electron chi connectivity index (χ1n) is 25.7. The summed E-state index contributed by atoms with van der Waals surface area (Å²) < 4.78 is 7.19. The zero-order valence-corrected chi connectivity index (χ0v) is 43.8. The molecule has 0 aliphatic carbocycles. The van der Waals surface area contributed by atoms with Crippen LogP contribution in [0.4, 0.5) is 16.2 Å². The molecule has 2 amide bonds. The second-order valence-electron chi connectivity index (χ2n) is 19.1. The molecule has 0 unspecified atom stereocenters. The van der Waals surface area contributed by atoms with Crippen LogP contribution < -0.4 is 21.9 Å². The Balaban J connectivity index is 1.28. The predicted molar refractivity (Wildman–Crippen MR) is 300 cm³/mol. The van der Waals surface area contributed by atoms with E-state index in [-0.39, 0.29) is 25.5 Å². The van der Waals surface area contributed by atoms with Crippen LogP contribution in [0.3, 0.4) is 0 Å². The van der Waals surface area contributed by atoms with Gasteiger partial charge in [-0.25, -0.2) is 19.6 Å². The minimum Gasteiger partial charge on any atom is -0.444 e. The van der Waals surface area contributed by atoms with Crippen LogP contribution in [0.5, 0.6) is 0 Å². The van der Waals surface area contributed by atoms with E-state index in [4.69, 9.17) is 14.7 Å². The first kappa shape index (κ1) is 50.6. The Bertz CT molecular complexity index is 3740. The summed E-state index contributed by atoms with van der Waals surface area (Å²) in [6, 6.07) is 29.7. The Kier molecular flexibility index (Phi) is 14.6.